The Kier molecular flexibility index (Phi) is 10.2. The van der Waals surface area contributed by atoms with Crippen LogP contribution in [-0.4, -0.2) is 44.3 Å². The number of amides is 2. The van der Waals surface area contributed by atoms with Gasteiger partial charge in [-0.25, -0.2) is 17.2 Å². The molecule has 0 unspecified atom stereocenters. The second-order valence-electron chi connectivity index (χ2n) is 9.51. The fourth-order valence-electron chi connectivity index (χ4n) is 3.98. The predicted molar refractivity (Wildman–Crippen MR) is 146 cm³/mol. The van der Waals surface area contributed by atoms with Gasteiger partial charge >= 0.3 is 0 Å². The molecule has 0 saturated heterocycles. The number of nitrogens with one attached hydrogen (secondary N) is 1. The van der Waals surface area contributed by atoms with Crippen molar-refractivity contribution >= 4 is 27.5 Å². The largest absolute Gasteiger partial charge is 0.354 e. The molecule has 0 heterocycles. The molecule has 208 valence electrons. The first-order valence-corrected chi connectivity index (χ1v) is 14.1. The van der Waals surface area contributed by atoms with Crippen LogP contribution in [0, 0.1) is 17.6 Å². The van der Waals surface area contributed by atoms with E-state index in [0.29, 0.717) is 12.1 Å². The van der Waals surface area contributed by atoms with E-state index >= 15 is 0 Å². The molecule has 1 atom stereocenters. The second-order valence-corrected chi connectivity index (χ2v) is 11.4. The van der Waals surface area contributed by atoms with Crippen LogP contribution in [0.2, 0.25) is 0 Å². The standard InChI is InChI=1S/C29H33F2N3O4S/c1-4-27(29(36)32-18-21(2)3)33(19-22-10-12-23(30)13-11-22)28(35)20-34(25-16-14-24(31)15-17-25)39(37,38)26-8-6-5-7-9-26/h5-17,21,27H,4,18-20H2,1-3H3,(H,32,36)/t27-/m0/s1. The van der Waals surface area contributed by atoms with E-state index in [1.807, 2.05) is 13.8 Å². The third kappa shape index (κ3) is 7.86. The minimum absolute atomic E-state index is 0.0463. The molecule has 0 aliphatic rings. The van der Waals surface area contributed by atoms with Crippen LogP contribution < -0.4 is 9.62 Å². The first-order valence-electron chi connectivity index (χ1n) is 12.7. The number of benzene rings is 3. The van der Waals surface area contributed by atoms with Crippen LogP contribution in [0.25, 0.3) is 0 Å². The van der Waals surface area contributed by atoms with E-state index in [1.54, 1.807) is 25.1 Å². The minimum Gasteiger partial charge on any atom is -0.354 e. The molecule has 7 nitrogen and oxygen atoms in total. The van der Waals surface area contributed by atoms with Gasteiger partial charge in [-0.1, -0.05) is 51.1 Å². The first-order chi connectivity index (χ1) is 18.5. The summed E-state index contributed by atoms with van der Waals surface area (Å²) in [6.07, 6.45) is 0.263. The number of carbonyl (C=O) groups excluding carboxylic acids is 2. The molecular formula is C29H33F2N3O4S. The summed E-state index contributed by atoms with van der Waals surface area (Å²) in [5.74, 6) is -1.85. The van der Waals surface area contributed by atoms with Crippen molar-refractivity contribution in [2.75, 3.05) is 17.4 Å². The topological polar surface area (TPSA) is 86.8 Å². The maximum atomic E-state index is 13.9. The smallest absolute Gasteiger partial charge is 0.264 e. The van der Waals surface area contributed by atoms with Gasteiger partial charge in [-0.3, -0.25) is 13.9 Å². The molecule has 0 radical (unpaired) electrons. The third-order valence-corrected chi connectivity index (χ3v) is 7.85. The Balaban J connectivity index is 2.02. The number of anilines is 1. The molecule has 0 saturated carbocycles. The van der Waals surface area contributed by atoms with Crippen molar-refractivity contribution in [3.63, 3.8) is 0 Å². The van der Waals surface area contributed by atoms with Gasteiger partial charge in [0.2, 0.25) is 11.8 Å². The zero-order valence-corrected chi connectivity index (χ0v) is 23.0. The lowest BCUT2D eigenvalue weighted by Crippen LogP contribution is -2.52. The lowest BCUT2D eigenvalue weighted by Gasteiger charge is -2.33. The van der Waals surface area contributed by atoms with Crippen LogP contribution in [0.4, 0.5) is 14.5 Å². The third-order valence-electron chi connectivity index (χ3n) is 6.06. The molecule has 0 bridgehead atoms. The molecule has 10 heteroatoms. The van der Waals surface area contributed by atoms with E-state index in [0.717, 1.165) is 16.4 Å². The SMILES string of the molecule is CC[C@@H](C(=O)NCC(C)C)N(Cc1ccc(F)cc1)C(=O)CN(c1ccc(F)cc1)S(=O)(=O)c1ccccc1. The van der Waals surface area contributed by atoms with Crippen molar-refractivity contribution in [1.82, 2.24) is 10.2 Å². The van der Waals surface area contributed by atoms with Gasteiger partial charge in [0, 0.05) is 13.1 Å². The Hall–Kier alpha value is -3.79. The highest BCUT2D eigenvalue weighted by atomic mass is 32.2. The highest BCUT2D eigenvalue weighted by molar-refractivity contribution is 7.92. The fourth-order valence-corrected chi connectivity index (χ4v) is 5.42. The zero-order valence-electron chi connectivity index (χ0n) is 22.2. The maximum absolute atomic E-state index is 13.9. The average molecular weight is 558 g/mol. The van der Waals surface area contributed by atoms with E-state index in [1.165, 1.54) is 53.4 Å². The average Bonchev–Trinajstić information content (AvgIpc) is 2.92. The van der Waals surface area contributed by atoms with Gasteiger partial charge in [-0.2, -0.15) is 0 Å². The highest BCUT2D eigenvalue weighted by Crippen LogP contribution is 2.25. The number of hydrogen-bond donors (Lipinski definition) is 1. The quantitative estimate of drug-likeness (QED) is 0.349. The van der Waals surface area contributed by atoms with Crippen LogP contribution in [-0.2, 0) is 26.2 Å². The Bertz CT molecular complexity index is 1350. The molecule has 0 aliphatic heterocycles. The second kappa shape index (κ2) is 13.3. The molecule has 3 aromatic rings. The maximum Gasteiger partial charge on any atom is 0.264 e. The molecule has 0 fully saturated rings. The predicted octanol–water partition coefficient (Wildman–Crippen LogP) is 4.74. The normalized spacial score (nSPS) is 12.2. The number of sulfonamides is 1. The monoisotopic (exact) mass is 557 g/mol. The Labute approximate surface area is 228 Å². The van der Waals surface area contributed by atoms with E-state index in [4.69, 9.17) is 0 Å². The molecular weight excluding hydrogens is 524 g/mol. The van der Waals surface area contributed by atoms with Gasteiger partial charge in [0.1, 0.15) is 24.2 Å². The molecule has 3 aromatic carbocycles. The summed E-state index contributed by atoms with van der Waals surface area (Å²) in [6, 6.07) is 17.0. The van der Waals surface area contributed by atoms with Gasteiger partial charge in [0.25, 0.3) is 10.0 Å². The van der Waals surface area contributed by atoms with Crippen LogP contribution in [0.1, 0.15) is 32.8 Å². The lowest BCUT2D eigenvalue weighted by molar-refractivity contribution is -0.140. The van der Waals surface area contributed by atoms with Crippen molar-refractivity contribution in [3.8, 4) is 0 Å². The van der Waals surface area contributed by atoms with Gasteiger partial charge in [0.05, 0.1) is 10.6 Å². The van der Waals surface area contributed by atoms with Gasteiger partial charge in [0.15, 0.2) is 0 Å². The van der Waals surface area contributed by atoms with Crippen molar-refractivity contribution in [1.29, 1.82) is 0 Å². The van der Waals surface area contributed by atoms with Crippen LogP contribution in [0.5, 0.6) is 0 Å². The molecule has 1 N–H and O–H groups in total. The van der Waals surface area contributed by atoms with Gasteiger partial charge in [-0.15, -0.1) is 0 Å². The van der Waals surface area contributed by atoms with E-state index < -0.39 is 40.2 Å². The highest BCUT2D eigenvalue weighted by Gasteiger charge is 2.33. The number of nitrogens with zero attached hydrogens (tertiary/aromatic N) is 2. The van der Waals surface area contributed by atoms with Gasteiger partial charge in [-0.05, 0) is 66.4 Å². The molecule has 3 rings (SSSR count). The Morgan fingerprint density at radius 3 is 1.97 bits per heavy atom. The van der Waals surface area contributed by atoms with Crippen LogP contribution in [0.3, 0.4) is 0 Å². The van der Waals surface area contributed by atoms with Crippen LogP contribution in [0.15, 0.2) is 83.8 Å². The number of halogens is 2. The van der Waals surface area contributed by atoms with E-state index in [9.17, 15) is 26.8 Å². The summed E-state index contributed by atoms with van der Waals surface area (Å²) in [5.41, 5.74) is 0.659. The summed E-state index contributed by atoms with van der Waals surface area (Å²) in [6.45, 7) is 5.35. The summed E-state index contributed by atoms with van der Waals surface area (Å²) in [7, 11) is -4.23. The summed E-state index contributed by atoms with van der Waals surface area (Å²) in [4.78, 5) is 28.3. The molecule has 0 aliphatic carbocycles. The van der Waals surface area contributed by atoms with Crippen molar-refractivity contribution in [2.45, 2.75) is 44.7 Å². The summed E-state index contributed by atoms with van der Waals surface area (Å²) >= 11 is 0. The minimum atomic E-state index is -4.23. The Morgan fingerprint density at radius 1 is 0.872 bits per heavy atom. The molecule has 0 aromatic heterocycles. The lowest BCUT2D eigenvalue weighted by atomic mass is 10.1. The van der Waals surface area contributed by atoms with Crippen LogP contribution >= 0.6 is 0 Å². The summed E-state index contributed by atoms with van der Waals surface area (Å²) in [5, 5.41) is 2.84. The number of carbonyl (C=O) groups is 2. The molecule has 2 amide bonds. The van der Waals surface area contributed by atoms with Crippen molar-refractivity contribution < 1.29 is 26.8 Å². The first kappa shape index (κ1) is 29.8. The van der Waals surface area contributed by atoms with Gasteiger partial charge < -0.3 is 10.2 Å². The molecule has 39 heavy (non-hydrogen) atoms. The van der Waals surface area contributed by atoms with Crippen molar-refractivity contribution in [2.24, 2.45) is 5.92 Å². The summed E-state index contributed by atoms with van der Waals surface area (Å²) < 4.78 is 55.5. The Morgan fingerprint density at radius 2 is 1.44 bits per heavy atom. The number of hydrogen-bond acceptors (Lipinski definition) is 4. The fraction of sp³-hybridized carbons (Fsp3) is 0.310. The van der Waals surface area contributed by atoms with E-state index in [2.05, 4.69) is 5.32 Å². The molecule has 0 spiro atoms. The van der Waals surface area contributed by atoms with E-state index in [-0.39, 0.29) is 35.4 Å². The number of rotatable bonds is 12. The zero-order chi connectivity index (χ0) is 28.6. The van der Waals surface area contributed by atoms with Crippen molar-refractivity contribution in [3.05, 3.63) is 96.1 Å².